The Morgan fingerprint density at radius 2 is 1.71 bits per heavy atom. The van der Waals surface area contributed by atoms with Crippen molar-refractivity contribution in [1.29, 1.82) is 0 Å². The maximum atomic E-state index is 13.2. The number of anilines is 1. The molecule has 31 heavy (non-hydrogen) atoms. The Balaban J connectivity index is 1.63. The standard InChI is InChI=1S/C27H22ClNO2/c1-17(30)24-4-2-3-5-25(24)20-10-6-18-7-11-21-15-23(28)12-13-26(21)29(16-22(18)14-20)27(31)19-8-9-19/h2-7,10-15,19H,8-9,16H2,1H3. The highest BCUT2D eigenvalue weighted by atomic mass is 35.5. The van der Waals surface area contributed by atoms with Gasteiger partial charge < -0.3 is 4.90 Å². The highest BCUT2D eigenvalue weighted by Crippen LogP contribution is 2.38. The molecule has 1 heterocycles. The van der Waals surface area contributed by atoms with E-state index in [1.807, 2.05) is 59.5 Å². The first kappa shape index (κ1) is 19.8. The van der Waals surface area contributed by atoms with Crippen LogP contribution in [0.2, 0.25) is 5.02 Å². The van der Waals surface area contributed by atoms with E-state index in [4.69, 9.17) is 11.6 Å². The molecule has 1 aliphatic heterocycles. The molecule has 0 atom stereocenters. The summed E-state index contributed by atoms with van der Waals surface area (Å²) in [5.41, 5.74) is 6.54. The van der Waals surface area contributed by atoms with Crippen LogP contribution in [0.4, 0.5) is 5.69 Å². The van der Waals surface area contributed by atoms with Crippen molar-refractivity contribution < 1.29 is 9.59 Å². The van der Waals surface area contributed by atoms with E-state index in [1.54, 1.807) is 6.92 Å². The third-order valence-corrected chi connectivity index (χ3v) is 6.24. The molecule has 2 aliphatic rings. The number of carbonyl (C=O) groups is 2. The Morgan fingerprint density at radius 3 is 2.48 bits per heavy atom. The largest absolute Gasteiger partial charge is 0.307 e. The van der Waals surface area contributed by atoms with Crippen molar-refractivity contribution in [3.63, 3.8) is 0 Å². The van der Waals surface area contributed by atoms with Crippen LogP contribution in [0.3, 0.4) is 0 Å². The summed E-state index contributed by atoms with van der Waals surface area (Å²) in [4.78, 5) is 27.2. The van der Waals surface area contributed by atoms with E-state index in [9.17, 15) is 9.59 Å². The average Bonchev–Trinajstić information content (AvgIpc) is 3.60. The first-order valence-electron chi connectivity index (χ1n) is 10.5. The van der Waals surface area contributed by atoms with Gasteiger partial charge in [-0.05, 0) is 71.8 Å². The SMILES string of the molecule is CC(=O)c1ccccc1-c1ccc2c(c1)CN(C(=O)C1CC1)c1ccc(Cl)cc1C=C2. The van der Waals surface area contributed by atoms with Crippen molar-refractivity contribution in [1.82, 2.24) is 0 Å². The number of carbonyl (C=O) groups excluding carboxylic acids is 2. The van der Waals surface area contributed by atoms with Gasteiger partial charge in [-0.1, -0.05) is 60.2 Å². The van der Waals surface area contributed by atoms with Crippen molar-refractivity contribution >= 4 is 41.1 Å². The molecular weight excluding hydrogens is 406 g/mol. The molecule has 1 aliphatic carbocycles. The maximum Gasteiger partial charge on any atom is 0.230 e. The molecular formula is C27H22ClNO2. The monoisotopic (exact) mass is 427 g/mol. The summed E-state index contributed by atoms with van der Waals surface area (Å²) in [7, 11) is 0. The lowest BCUT2D eigenvalue weighted by Crippen LogP contribution is -2.32. The molecule has 0 N–H and O–H groups in total. The van der Waals surface area contributed by atoms with Crippen LogP contribution in [-0.2, 0) is 11.3 Å². The Kier molecular flexibility index (Phi) is 4.99. The lowest BCUT2D eigenvalue weighted by Gasteiger charge is -2.27. The fourth-order valence-electron chi connectivity index (χ4n) is 4.20. The highest BCUT2D eigenvalue weighted by molar-refractivity contribution is 6.31. The highest BCUT2D eigenvalue weighted by Gasteiger charge is 2.35. The van der Waals surface area contributed by atoms with Gasteiger partial charge in [0.25, 0.3) is 0 Å². The van der Waals surface area contributed by atoms with Gasteiger partial charge in [-0.25, -0.2) is 0 Å². The van der Waals surface area contributed by atoms with Gasteiger partial charge in [0.05, 0.1) is 12.2 Å². The Labute approximate surface area is 187 Å². The number of ketones is 1. The number of Topliss-reactive ketones (excluding diaryl/α,β-unsaturated/α-hetero) is 1. The lowest BCUT2D eigenvalue weighted by atomic mass is 9.93. The predicted octanol–water partition coefficient (Wildman–Crippen LogP) is 6.64. The molecule has 0 bridgehead atoms. The second-order valence-electron chi connectivity index (χ2n) is 8.25. The molecule has 0 saturated heterocycles. The van der Waals surface area contributed by atoms with Crippen molar-refractivity contribution in [2.75, 3.05) is 4.90 Å². The first-order chi connectivity index (χ1) is 15.0. The first-order valence-corrected chi connectivity index (χ1v) is 10.9. The van der Waals surface area contributed by atoms with E-state index in [2.05, 4.69) is 18.2 Å². The van der Waals surface area contributed by atoms with Crippen molar-refractivity contribution in [2.45, 2.75) is 26.3 Å². The van der Waals surface area contributed by atoms with Crippen LogP contribution in [0.1, 0.15) is 46.8 Å². The van der Waals surface area contributed by atoms with Gasteiger partial charge in [0, 0.05) is 16.5 Å². The van der Waals surface area contributed by atoms with E-state index in [0.29, 0.717) is 17.1 Å². The molecule has 3 aromatic rings. The summed E-state index contributed by atoms with van der Waals surface area (Å²) in [6, 6.07) is 19.5. The number of amides is 1. The number of halogens is 1. The summed E-state index contributed by atoms with van der Waals surface area (Å²) in [6.45, 7) is 2.08. The van der Waals surface area contributed by atoms with Gasteiger partial charge in [-0.3, -0.25) is 9.59 Å². The van der Waals surface area contributed by atoms with Gasteiger partial charge in [0.1, 0.15) is 0 Å². The van der Waals surface area contributed by atoms with Crippen LogP contribution in [-0.4, -0.2) is 11.7 Å². The van der Waals surface area contributed by atoms with Crippen LogP contribution in [0, 0.1) is 5.92 Å². The molecule has 1 amide bonds. The van der Waals surface area contributed by atoms with Crippen LogP contribution >= 0.6 is 11.6 Å². The van der Waals surface area contributed by atoms with Crippen LogP contribution < -0.4 is 4.90 Å². The molecule has 3 nitrogen and oxygen atoms in total. The molecule has 0 spiro atoms. The molecule has 1 saturated carbocycles. The zero-order chi connectivity index (χ0) is 21.5. The predicted molar refractivity (Wildman–Crippen MR) is 126 cm³/mol. The third-order valence-electron chi connectivity index (χ3n) is 6.00. The minimum atomic E-state index is 0.0404. The lowest BCUT2D eigenvalue weighted by molar-refractivity contribution is -0.119. The van der Waals surface area contributed by atoms with Crippen LogP contribution in [0.15, 0.2) is 60.7 Å². The number of fused-ring (bicyclic) bond motifs is 2. The molecule has 0 radical (unpaired) electrons. The molecule has 5 rings (SSSR count). The summed E-state index contributed by atoms with van der Waals surface area (Å²) < 4.78 is 0. The van der Waals surface area contributed by atoms with E-state index < -0.39 is 0 Å². The summed E-state index contributed by atoms with van der Waals surface area (Å²) in [5.74, 6) is 0.315. The fraction of sp³-hybridized carbons (Fsp3) is 0.185. The van der Waals surface area contributed by atoms with E-state index in [-0.39, 0.29) is 17.6 Å². The normalized spacial score (nSPS) is 15.0. The number of hydrogen-bond acceptors (Lipinski definition) is 2. The van der Waals surface area contributed by atoms with Crippen LogP contribution in [0.25, 0.3) is 23.3 Å². The summed E-state index contributed by atoms with van der Waals surface area (Å²) in [5, 5.41) is 0.652. The smallest absolute Gasteiger partial charge is 0.230 e. The minimum absolute atomic E-state index is 0.0404. The third kappa shape index (κ3) is 3.82. The molecule has 3 aromatic carbocycles. The van der Waals surface area contributed by atoms with Gasteiger partial charge in [-0.2, -0.15) is 0 Å². The summed E-state index contributed by atoms with van der Waals surface area (Å²) >= 11 is 6.24. The molecule has 4 heteroatoms. The Bertz CT molecular complexity index is 1240. The zero-order valence-corrected chi connectivity index (χ0v) is 18.0. The van der Waals surface area contributed by atoms with E-state index in [0.717, 1.165) is 46.3 Å². The Morgan fingerprint density at radius 1 is 0.935 bits per heavy atom. The molecule has 0 aromatic heterocycles. The minimum Gasteiger partial charge on any atom is -0.307 e. The number of nitrogens with zero attached hydrogens (tertiary/aromatic N) is 1. The van der Waals surface area contributed by atoms with E-state index in [1.165, 1.54) is 0 Å². The second kappa shape index (κ2) is 7.82. The van der Waals surface area contributed by atoms with Gasteiger partial charge in [0.2, 0.25) is 5.91 Å². The van der Waals surface area contributed by atoms with Gasteiger partial charge in [0.15, 0.2) is 5.78 Å². The van der Waals surface area contributed by atoms with Gasteiger partial charge >= 0.3 is 0 Å². The van der Waals surface area contributed by atoms with Crippen molar-refractivity contribution in [2.24, 2.45) is 5.92 Å². The zero-order valence-electron chi connectivity index (χ0n) is 17.3. The average molecular weight is 428 g/mol. The second-order valence-corrected chi connectivity index (χ2v) is 8.69. The quantitative estimate of drug-likeness (QED) is 0.439. The fourth-order valence-corrected chi connectivity index (χ4v) is 4.38. The topological polar surface area (TPSA) is 37.4 Å². The summed E-state index contributed by atoms with van der Waals surface area (Å²) in [6.07, 6.45) is 6.00. The molecule has 154 valence electrons. The molecule has 1 fully saturated rings. The van der Waals surface area contributed by atoms with Gasteiger partial charge in [-0.15, -0.1) is 0 Å². The number of hydrogen-bond donors (Lipinski definition) is 0. The number of rotatable bonds is 3. The van der Waals surface area contributed by atoms with Crippen molar-refractivity contribution in [3.8, 4) is 11.1 Å². The number of benzene rings is 3. The molecule has 0 unspecified atom stereocenters. The van der Waals surface area contributed by atoms with E-state index >= 15 is 0 Å². The van der Waals surface area contributed by atoms with Crippen LogP contribution in [0.5, 0.6) is 0 Å². The Hall–Kier alpha value is -3.17. The maximum absolute atomic E-state index is 13.2. The van der Waals surface area contributed by atoms with Crippen molar-refractivity contribution in [3.05, 3.63) is 87.9 Å².